The van der Waals surface area contributed by atoms with Crippen LogP contribution in [0, 0.1) is 47.3 Å². The van der Waals surface area contributed by atoms with Gasteiger partial charge in [-0.2, -0.15) is 21.0 Å². The zero-order valence-electron chi connectivity index (χ0n) is 52.0. The van der Waals surface area contributed by atoms with Gasteiger partial charge in [0.1, 0.15) is 0 Å². The van der Waals surface area contributed by atoms with E-state index in [1.807, 2.05) is 8.64 Å². The Morgan fingerprint density at radius 1 is 0.268 bits per heavy atom. The lowest BCUT2D eigenvalue weighted by Gasteiger charge is -2.39. The molecule has 0 spiro atoms. The smallest absolute Gasteiger partial charge is 0.0821 e. The predicted molar refractivity (Wildman–Crippen MR) is 342 cm³/mol. The van der Waals surface area contributed by atoms with Crippen molar-refractivity contribution in [3.8, 4) is 0 Å². The fourth-order valence-corrected chi connectivity index (χ4v) is 20.1. The third-order valence-corrected chi connectivity index (χ3v) is 25.0. The standard InChI is InChI=1S/C66H136N2S3/c1-17-33-41-57(25-9)49-67(50-58(26-10)42-34-18-2)65(70(53-61(29-13)45-37-21-5)54-62(30-14)46-38-22-6)69-66(68(51-59(27-11)43-35-19-3)52-60(28-12)44-36-20-4)71(55-63(31-15)47-39-23-7)56-64(32-16)48-40-24-8/h57-64H,17-56H2,1-16H3. The first-order valence-corrected chi connectivity index (χ1v) is 36.7. The van der Waals surface area contributed by atoms with Crippen LogP contribution in [0.15, 0.2) is 0 Å². The summed E-state index contributed by atoms with van der Waals surface area (Å²) in [7, 11) is 0.448. The van der Waals surface area contributed by atoms with Gasteiger partial charge >= 0.3 is 0 Å². The van der Waals surface area contributed by atoms with Gasteiger partial charge in [-0.05, 0) is 122 Å². The minimum Gasteiger partial charge on any atom is -0.264 e. The summed E-state index contributed by atoms with van der Waals surface area (Å²) in [6.45, 7) is 45.2. The van der Waals surface area contributed by atoms with Crippen molar-refractivity contribution in [1.29, 1.82) is 0 Å². The van der Waals surface area contributed by atoms with E-state index in [2.05, 4.69) is 132 Å². The zero-order valence-corrected chi connectivity index (χ0v) is 54.5. The molecule has 0 aromatic heterocycles. The van der Waals surface area contributed by atoms with E-state index in [1.165, 1.54) is 255 Å². The molecule has 8 atom stereocenters. The van der Waals surface area contributed by atoms with Crippen LogP contribution < -0.4 is 0 Å². The van der Waals surface area contributed by atoms with Crippen LogP contribution in [0.5, 0.6) is 0 Å². The third-order valence-electron chi connectivity index (χ3n) is 17.2. The molecule has 0 bridgehead atoms. The molecule has 0 radical (unpaired) electrons. The van der Waals surface area contributed by atoms with Crippen molar-refractivity contribution < 1.29 is 0 Å². The maximum absolute atomic E-state index is 3.26. The van der Waals surface area contributed by atoms with E-state index in [-0.39, 0.29) is 21.0 Å². The highest BCUT2D eigenvalue weighted by atomic mass is 32.2. The summed E-state index contributed by atoms with van der Waals surface area (Å²) in [5.74, 6) is 12.1. The summed E-state index contributed by atoms with van der Waals surface area (Å²) in [5.41, 5.74) is 0. The number of hydrogen-bond donors (Lipinski definition) is 0. The highest BCUT2D eigenvalue weighted by molar-refractivity contribution is 8.46. The normalized spacial score (nSPS) is 16.5. The van der Waals surface area contributed by atoms with Crippen LogP contribution in [0.25, 0.3) is 0 Å². The van der Waals surface area contributed by atoms with Gasteiger partial charge in [0.05, 0.1) is 8.64 Å². The SMILES string of the molecule is CCCCC(CC)CN(CC(CC)CCCC)C(SC(N(CC(CC)CCCC)CC(CC)CCCC)=S(CC(CC)CCCC)CC(CC)CCCC)=S(CC(CC)CCCC)CC(CC)CCCC. The molecule has 0 aromatic rings. The van der Waals surface area contributed by atoms with Crippen LogP contribution in [0.4, 0.5) is 0 Å². The molecule has 428 valence electrons. The second kappa shape index (κ2) is 49.0. The van der Waals surface area contributed by atoms with Crippen molar-refractivity contribution in [2.75, 3.05) is 49.2 Å². The number of unbranched alkanes of at least 4 members (excludes halogenated alkanes) is 8. The molecule has 8 unspecified atom stereocenters. The van der Waals surface area contributed by atoms with E-state index in [1.54, 1.807) is 0 Å². The first kappa shape index (κ1) is 71.7. The number of rotatable bonds is 48. The fraction of sp³-hybridized carbons (Fsp3) is 0.970. The van der Waals surface area contributed by atoms with E-state index in [4.69, 9.17) is 0 Å². The van der Waals surface area contributed by atoms with Gasteiger partial charge in [-0.3, -0.25) is 9.80 Å². The molecule has 0 N–H and O–H groups in total. The van der Waals surface area contributed by atoms with Crippen molar-refractivity contribution >= 4 is 41.4 Å². The van der Waals surface area contributed by atoms with Crippen molar-refractivity contribution in [3.05, 3.63) is 0 Å². The summed E-state index contributed by atoms with van der Waals surface area (Å²) in [6.07, 6.45) is 43.6. The molecule has 0 aliphatic rings. The molecule has 5 heteroatoms. The minimum atomic E-state index is 0.224. The van der Waals surface area contributed by atoms with Crippen molar-refractivity contribution in [1.82, 2.24) is 9.80 Å². The summed E-state index contributed by atoms with van der Waals surface area (Å²) in [4.78, 5) is 6.51. The van der Waals surface area contributed by atoms with Gasteiger partial charge in [0.2, 0.25) is 0 Å². The first-order valence-electron chi connectivity index (χ1n) is 32.8. The summed E-state index contributed by atoms with van der Waals surface area (Å²) >= 11 is 2.54. The van der Waals surface area contributed by atoms with E-state index < -0.39 is 0 Å². The largest absolute Gasteiger partial charge is 0.264 e. The Bertz CT molecular complexity index is 1060. The fourth-order valence-electron chi connectivity index (χ4n) is 11.2. The lowest BCUT2D eigenvalue weighted by molar-refractivity contribution is 0.267. The Morgan fingerprint density at radius 3 is 0.592 bits per heavy atom. The van der Waals surface area contributed by atoms with E-state index in [0.29, 0.717) is 0 Å². The Labute approximate surface area is 461 Å². The molecule has 0 saturated heterocycles. The van der Waals surface area contributed by atoms with Crippen LogP contribution in [-0.2, 0) is 0 Å². The maximum atomic E-state index is 3.26. The topological polar surface area (TPSA) is 6.48 Å². The Kier molecular flexibility index (Phi) is 49.5. The molecule has 71 heavy (non-hydrogen) atoms. The van der Waals surface area contributed by atoms with Crippen molar-refractivity contribution in [2.45, 2.75) is 316 Å². The van der Waals surface area contributed by atoms with Crippen molar-refractivity contribution in [2.24, 2.45) is 47.3 Å². The highest BCUT2D eigenvalue weighted by Crippen LogP contribution is 2.41. The molecule has 0 aromatic carbocycles. The highest BCUT2D eigenvalue weighted by Gasteiger charge is 2.31. The molecular weight excluding hydrogens is 917 g/mol. The average Bonchev–Trinajstić information content (AvgIpc) is 3.39. The van der Waals surface area contributed by atoms with Crippen molar-refractivity contribution in [3.63, 3.8) is 0 Å². The first-order chi connectivity index (χ1) is 34.5. The predicted octanol–water partition coefficient (Wildman–Crippen LogP) is 22.8. The van der Waals surface area contributed by atoms with E-state index >= 15 is 0 Å². The van der Waals surface area contributed by atoms with Crippen LogP contribution in [0.1, 0.15) is 316 Å². The van der Waals surface area contributed by atoms with E-state index in [0.717, 1.165) is 47.3 Å². The maximum Gasteiger partial charge on any atom is 0.0821 e. The zero-order chi connectivity index (χ0) is 53.1. The van der Waals surface area contributed by atoms with Crippen LogP contribution in [0.2, 0.25) is 0 Å². The van der Waals surface area contributed by atoms with Crippen LogP contribution in [0.3, 0.4) is 0 Å². The summed E-state index contributed by atoms with van der Waals surface area (Å²) < 4.78 is 3.84. The molecule has 0 aliphatic carbocycles. The summed E-state index contributed by atoms with van der Waals surface area (Å²) in [6, 6.07) is 0. The Morgan fingerprint density at radius 2 is 0.437 bits per heavy atom. The van der Waals surface area contributed by atoms with Gasteiger partial charge in [-0.1, -0.05) is 277 Å². The molecule has 0 saturated carbocycles. The minimum absolute atomic E-state index is 0.224. The molecule has 0 aliphatic heterocycles. The molecule has 2 nitrogen and oxygen atoms in total. The molecule has 0 rings (SSSR count). The van der Waals surface area contributed by atoms with Gasteiger partial charge in [-0.25, -0.2) is 0 Å². The van der Waals surface area contributed by atoms with Crippen LogP contribution in [-0.4, -0.2) is 67.6 Å². The Balaban J connectivity index is 9.55. The lowest BCUT2D eigenvalue weighted by Crippen LogP contribution is -2.43. The molecule has 0 amide bonds. The van der Waals surface area contributed by atoms with Crippen LogP contribution >= 0.6 is 32.7 Å². The van der Waals surface area contributed by atoms with E-state index in [9.17, 15) is 0 Å². The monoisotopic (exact) mass is 1050 g/mol. The van der Waals surface area contributed by atoms with Gasteiger partial charge in [-0.15, -0.1) is 0 Å². The summed E-state index contributed by atoms with van der Waals surface area (Å²) in [5, 5.41) is 0. The second-order valence-electron chi connectivity index (χ2n) is 23.4. The Hall–Kier alpha value is 0.710. The average molecular weight is 1050 g/mol. The van der Waals surface area contributed by atoms with Gasteiger partial charge in [0, 0.05) is 26.2 Å². The molecular formula is C66H136N2S3. The van der Waals surface area contributed by atoms with Gasteiger partial charge < -0.3 is 0 Å². The molecule has 0 fully saturated rings. The third kappa shape index (κ3) is 32.9. The van der Waals surface area contributed by atoms with Gasteiger partial charge in [0.15, 0.2) is 0 Å². The number of nitrogens with zero attached hydrogens (tertiary/aromatic N) is 2. The lowest BCUT2D eigenvalue weighted by atomic mass is 9.96. The van der Waals surface area contributed by atoms with Gasteiger partial charge in [0.25, 0.3) is 0 Å². The number of hydrogen-bond acceptors (Lipinski definition) is 1. The molecule has 0 heterocycles. The number of thioether (sulfide) groups is 1. The second-order valence-corrected chi connectivity index (χ2v) is 29.0. The quantitative estimate of drug-likeness (QED) is 0.0561.